The topological polar surface area (TPSA) is 45.6 Å². The van der Waals surface area contributed by atoms with Crippen LogP contribution in [0.5, 0.6) is 5.75 Å². The summed E-state index contributed by atoms with van der Waals surface area (Å²) < 4.78 is 5.15. The van der Waals surface area contributed by atoms with E-state index in [2.05, 4.69) is 34.0 Å². The van der Waals surface area contributed by atoms with E-state index in [-0.39, 0.29) is 0 Å². The third-order valence-electron chi connectivity index (χ3n) is 3.47. The first-order chi connectivity index (χ1) is 11.0. The highest BCUT2D eigenvalue weighted by atomic mass is 32.1. The second-order valence-corrected chi connectivity index (χ2v) is 5.72. The molecule has 0 radical (unpaired) electrons. The Morgan fingerprint density at radius 3 is 2.43 bits per heavy atom. The molecule has 0 spiro atoms. The number of ether oxygens (including phenoxy) is 1. The molecule has 0 aliphatic rings. The van der Waals surface area contributed by atoms with Crippen LogP contribution in [0.15, 0.2) is 47.6 Å². The maximum absolute atomic E-state index is 5.30. The Kier molecular flexibility index (Phi) is 5.71. The first-order valence-corrected chi connectivity index (χ1v) is 7.73. The summed E-state index contributed by atoms with van der Waals surface area (Å²) in [5.41, 5.74) is 8.03. The lowest BCUT2D eigenvalue weighted by Gasteiger charge is -2.11. The molecule has 2 rings (SSSR count). The number of hydrogen-bond donors (Lipinski definition) is 2. The molecule has 0 aliphatic carbocycles. The van der Waals surface area contributed by atoms with Crippen LogP contribution >= 0.6 is 12.2 Å². The summed E-state index contributed by atoms with van der Waals surface area (Å²) in [6, 6.07) is 13.9. The molecule has 5 heteroatoms. The van der Waals surface area contributed by atoms with Gasteiger partial charge in [-0.3, -0.25) is 5.43 Å². The number of nitrogens with one attached hydrogen (secondary N) is 2. The molecule has 120 valence electrons. The molecule has 0 amide bonds. The third kappa shape index (κ3) is 4.79. The van der Waals surface area contributed by atoms with E-state index < -0.39 is 0 Å². The summed E-state index contributed by atoms with van der Waals surface area (Å²) in [5, 5.41) is 7.95. The van der Waals surface area contributed by atoms with E-state index >= 15 is 0 Å². The van der Waals surface area contributed by atoms with Crippen molar-refractivity contribution in [1.82, 2.24) is 5.43 Å². The lowest BCUT2D eigenvalue weighted by atomic mass is 10.1. The van der Waals surface area contributed by atoms with Crippen molar-refractivity contribution in [2.75, 3.05) is 12.4 Å². The Bertz CT molecular complexity index is 724. The van der Waals surface area contributed by atoms with Crippen molar-refractivity contribution >= 4 is 28.7 Å². The number of hydrogen-bond acceptors (Lipinski definition) is 3. The number of anilines is 1. The van der Waals surface area contributed by atoms with Gasteiger partial charge < -0.3 is 10.1 Å². The molecule has 0 aliphatic heterocycles. The van der Waals surface area contributed by atoms with E-state index in [0.29, 0.717) is 5.11 Å². The normalized spacial score (nSPS) is 11.0. The van der Waals surface area contributed by atoms with Gasteiger partial charge in [0.2, 0.25) is 0 Å². The van der Waals surface area contributed by atoms with Crippen LogP contribution in [0.1, 0.15) is 23.6 Å². The van der Waals surface area contributed by atoms with E-state index in [9.17, 15) is 0 Å². The molecule has 2 aromatic carbocycles. The molecule has 23 heavy (non-hydrogen) atoms. The molecule has 2 aromatic rings. The maximum atomic E-state index is 5.30. The van der Waals surface area contributed by atoms with Crippen molar-refractivity contribution in [1.29, 1.82) is 0 Å². The highest BCUT2D eigenvalue weighted by Crippen LogP contribution is 2.16. The Morgan fingerprint density at radius 2 is 1.78 bits per heavy atom. The smallest absolute Gasteiger partial charge is 0.191 e. The van der Waals surface area contributed by atoms with Crippen molar-refractivity contribution in [2.45, 2.75) is 20.8 Å². The Labute approximate surface area is 142 Å². The highest BCUT2D eigenvalue weighted by molar-refractivity contribution is 7.80. The fourth-order valence-electron chi connectivity index (χ4n) is 2.05. The average molecular weight is 327 g/mol. The molecule has 0 saturated heterocycles. The number of aryl methyl sites for hydroxylation is 2. The predicted octanol–water partition coefficient (Wildman–Crippen LogP) is 4.02. The molecule has 0 bridgehead atoms. The Balaban J connectivity index is 2.00. The van der Waals surface area contributed by atoms with Gasteiger partial charge in [0.15, 0.2) is 5.11 Å². The minimum Gasteiger partial charge on any atom is -0.497 e. The Morgan fingerprint density at radius 1 is 1.09 bits per heavy atom. The van der Waals surface area contributed by atoms with E-state index in [4.69, 9.17) is 17.0 Å². The molecular formula is C18H21N3OS. The minimum absolute atomic E-state index is 0.464. The van der Waals surface area contributed by atoms with Crippen LogP contribution in [0.3, 0.4) is 0 Å². The van der Waals surface area contributed by atoms with Crippen LogP contribution in [-0.2, 0) is 0 Å². The van der Waals surface area contributed by atoms with Gasteiger partial charge in [0, 0.05) is 5.69 Å². The second-order valence-electron chi connectivity index (χ2n) is 5.31. The van der Waals surface area contributed by atoms with E-state index in [0.717, 1.165) is 28.3 Å². The fraction of sp³-hybridized carbons (Fsp3) is 0.222. The molecule has 0 fully saturated rings. The van der Waals surface area contributed by atoms with Crippen LogP contribution in [0, 0.1) is 13.8 Å². The van der Waals surface area contributed by atoms with Gasteiger partial charge in [0.05, 0.1) is 12.8 Å². The molecule has 0 saturated carbocycles. The summed E-state index contributed by atoms with van der Waals surface area (Å²) in [6.45, 7) is 6.01. The van der Waals surface area contributed by atoms with Crippen LogP contribution in [0.4, 0.5) is 5.69 Å². The maximum Gasteiger partial charge on any atom is 0.191 e. The molecule has 4 nitrogen and oxygen atoms in total. The molecular weight excluding hydrogens is 306 g/mol. The zero-order valence-electron chi connectivity index (χ0n) is 13.8. The molecule has 0 heterocycles. The largest absolute Gasteiger partial charge is 0.497 e. The van der Waals surface area contributed by atoms with Crippen molar-refractivity contribution in [3.8, 4) is 5.75 Å². The number of benzene rings is 2. The number of thiocarbonyl (C=S) groups is 1. The first kappa shape index (κ1) is 17.0. The van der Waals surface area contributed by atoms with Gasteiger partial charge in [-0.05, 0) is 80.0 Å². The van der Waals surface area contributed by atoms with Crippen LogP contribution < -0.4 is 15.5 Å². The molecule has 0 atom stereocenters. The number of hydrazone groups is 1. The zero-order valence-corrected chi connectivity index (χ0v) is 14.6. The van der Waals surface area contributed by atoms with Gasteiger partial charge in [-0.2, -0.15) is 5.10 Å². The number of rotatable bonds is 4. The van der Waals surface area contributed by atoms with Crippen LogP contribution in [0.2, 0.25) is 0 Å². The first-order valence-electron chi connectivity index (χ1n) is 7.32. The van der Waals surface area contributed by atoms with Gasteiger partial charge in [0.25, 0.3) is 0 Å². The minimum atomic E-state index is 0.464. The van der Waals surface area contributed by atoms with Crippen molar-refractivity contribution in [3.05, 3.63) is 59.2 Å². The summed E-state index contributed by atoms with van der Waals surface area (Å²) in [6.07, 6.45) is 0. The number of nitrogens with zero attached hydrogens (tertiary/aromatic N) is 1. The lowest BCUT2D eigenvalue weighted by molar-refractivity contribution is 0.415. The van der Waals surface area contributed by atoms with Gasteiger partial charge >= 0.3 is 0 Å². The van der Waals surface area contributed by atoms with Crippen molar-refractivity contribution in [3.63, 3.8) is 0 Å². The van der Waals surface area contributed by atoms with Gasteiger partial charge in [-0.25, -0.2) is 0 Å². The summed E-state index contributed by atoms with van der Waals surface area (Å²) in [5.74, 6) is 0.821. The Hall–Kier alpha value is -2.40. The van der Waals surface area contributed by atoms with Crippen molar-refractivity contribution in [2.24, 2.45) is 5.10 Å². The average Bonchev–Trinajstić information content (AvgIpc) is 2.56. The lowest BCUT2D eigenvalue weighted by Crippen LogP contribution is -2.25. The van der Waals surface area contributed by atoms with Crippen molar-refractivity contribution < 1.29 is 4.74 Å². The highest BCUT2D eigenvalue weighted by Gasteiger charge is 2.02. The van der Waals surface area contributed by atoms with E-state index in [1.165, 1.54) is 5.56 Å². The number of methoxy groups -OCH3 is 1. The monoisotopic (exact) mass is 327 g/mol. The summed E-state index contributed by atoms with van der Waals surface area (Å²) in [7, 11) is 1.65. The SMILES string of the molecule is COc1ccc(C(C)=NNC(=S)Nc2cc(C)ccc2C)cc1. The quantitative estimate of drug-likeness (QED) is 0.506. The van der Waals surface area contributed by atoms with Gasteiger partial charge in [-0.15, -0.1) is 0 Å². The van der Waals surface area contributed by atoms with E-state index in [1.807, 2.05) is 45.0 Å². The molecule has 0 aromatic heterocycles. The summed E-state index contributed by atoms with van der Waals surface area (Å²) >= 11 is 5.30. The predicted molar refractivity (Wildman–Crippen MR) is 100 cm³/mol. The fourth-order valence-corrected chi connectivity index (χ4v) is 2.21. The molecule has 2 N–H and O–H groups in total. The zero-order chi connectivity index (χ0) is 16.8. The standard InChI is InChI=1S/C18H21N3OS/c1-12-5-6-13(2)17(11-12)19-18(23)21-20-14(3)15-7-9-16(22-4)10-8-15/h5-11H,1-4H3,(H2,19,21,23). The van der Waals surface area contributed by atoms with E-state index in [1.54, 1.807) is 7.11 Å². The second kappa shape index (κ2) is 7.74. The summed E-state index contributed by atoms with van der Waals surface area (Å²) in [4.78, 5) is 0. The molecule has 0 unspecified atom stereocenters. The third-order valence-corrected chi connectivity index (χ3v) is 3.67. The van der Waals surface area contributed by atoms with Gasteiger partial charge in [0.1, 0.15) is 5.75 Å². The van der Waals surface area contributed by atoms with Crippen LogP contribution in [0.25, 0.3) is 0 Å². The van der Waals surface area contributed by atoms with Crippen LogP contribution in [-0.4, -0.2) is 17.9 Å². The van der Waals surface area contributed by atoms with Gasteiger partial charge in [-0.1, -0.05) is 12.1 Å².